The number of ether oxygens (including phenoxy) is 6. The van der Waals surface area contributed by atoms with Crippen LogP contribution in [-0.4, -0.2) is 180 Å². The van der Waals surface area contributed by atoms with Crippen LogP contribution in [0.25, 0.3) is 0 Å². The van der Waals surface area contributed by atoms with Gasteiger partial charge in [-0.2, -0.15) is 0 Å². The van der Waals surface area contributed by atoms with Crippen LogP contribution in [-0.2, 0) is 49.7 Å². The minimum atomic E-state index is -1.24. The summed E-state index contributed by atoms with van der Waals surface area (Å²) in [6.45, 7) is 2.13. The quantitative estimate of drug-likeness (QED) is 0.192. The van der Waals surface area contributed by atoms with Gasteiger partial charge < -0.3 is 73.8 Å². The number of likely N-dealkylation sites (N-methyl/N-ethyl adjacent to an activating group) is 3. The van der Waals surface area contributed by atoms with Gasteiger partial charge in [-0.1, -0.05) is 18.2 Å². The lowest BCUT2D eigenvalue weighted by Gasteiger charge is -2.66. The van der Waals surface area contributed by atoms with Crippen molar-refractivity contribution >= 4 is 0 Å². The van der Waals surface area contributed by atoms with Crippen molar-refractivity contribution in [2.24, 2.45) is 0 Å². The van der Waals surface area contributed by atoms with E-state index in [-0.39, 0.29) is 35.4 Å². The highest BCUT2D eigenvalue weighted by molar-refractivity contribution is 5.67. The van der Waals surface area contributed by atoms with Gasteiger partial charge >= 0.3 is 0 Å². The molecule has 18 rings (SSSR count). The lowest BCUT2D eigenvalue weighted by atomic mass is 9.46. The molecule has 3 aromatic rings. The summed E-state index contributed by atoms with van der Waals surface area (Å²) in [5.74, 6) is 1.35. The molecule has 0 aromatic heterocycles. The first-order valence-corrected chi connectivity index (χ1v) is 26.2. The van der Waals surface area contributed by atoms with E-state index in [0.717, 1.165) is 33.4 Å². The Morgan fingerprint density at radius 3 is 1.03 bits per heavy atom. The zero-order valence-corrected chi connectivity index (χ0v) is 39.7. The second kappa shape index (κ2) is 11.5. The fourth-order valence-electron chi connectivity index (χ4n) is 20.9. The molecule has 15 aliphatic rings. The van der Waals surface area contributed by atoms with Crippen molar-refractivity contribution in [3.05, 3.63) is 69.8 Å². The molecule has 70 heavy (non-hydrogen) atoms. The number of nitrogens with zero attached hydrogens (tertiary/aromatic N) is 4. The van der Waals surface area contributed by atoms with Crippen molar-refractivity contribution < 1.29 is 59.1 Å². The summed E-state index contributed by atoms with van der Waals surface area (Å²) in [7, 11) is 6.31. The van der Waals surface area contributed by atoms with Crippen molar-refractivity contribution in [1.82, 2.24) is 19.6 Å². The Hall–Kier alpha value is -3.94. The number of hydrogen-bond donors (Lipinski definition) is 6. The summed E-state index contributed by atoms with van der Waals surface area (Å²) < 4.78 is 46.3. The molecule has 3 unspecified atom stereocenters. The van der Waals surface area contributed by atoms with Gasteiger partial charge in [0.1, 0.15) is 53.8 Å². The molecule has 6 saturated heterocycles. The van der Waals surface area contributed by atoms with Crippen LogP contribution in [0.2, 0.25) is 0 Å². The monoisotopic (exact) mass is 956 g/mol. The van der Waals surface area contributed by atoms with E-state index >= 15 is 0 Å². The van der Waals surface area contributed by atoms with E-state index in [0.29, 0.717) is 114 Å². The van der Waals surface area contributed by atoms with Crippen LogP contribution in [0.1, 0.15) is 91.2 Å². The molecular formula is C54H60N4O12. The number of piperidine rings is 3. The standard InChI is InChI=1S/C54H60N4O12/c1-55-19-16-46-34-25-4-7-28(59)37(34)65-40(46)49(10-13-52(46,62)31(55)22-25)43-58-44(68-49)50(11-14-53(63)32-23-26-5-8-29(60)38-35(26)47(53,41(50)66-38)17-20-56(32)2)70-45(58)51(69-43)12-15-54(64)33-24-27-6-9-30(61)39-36(27)48(54,42(51)67-39)18-21-57(33)3/h4-9,31-33,40-45,59-64H,10-24H2,1-3H3/t31-,32-,33-,40-,41-,42-,43-,44-,45-,46+,47+,48+,49?,50?,51?,52-,53-,54-/m1/s1. The van der Waals surface area contributed by atoms with Gasteiger partial charge in [0.15, 0.2) is 34.5 Å². The average molecular weight is 957 g/mol. The predicted molar refractivity (Wildman–Crippen MR) is 244 cm³/mol. The molecule has 18 atom stereocenters. The second-order valence-electron chi connectivity index (χ2n) is 25.1. The smallest absolute Gasteiger partial charge is 0.165 e. The van der Waals surface area contributed by atoms with Crippen LogP contribution >= 0.6 is 0 Å². The minimum absolute atomic E-state index is 0.0393. The first kappa shape index (κ1) is 40.5. The van der Waals surface area contributed by atoms with Crippen molar-refractivity contribution in [3.63, 3.8) is 0 Å². The number of hydrogen-bond acceptors (Lipinski definition) is 16. The Bertz CT molecular complexity index is 2700. The number of phenolic OH excluding ortho intramolecular Hbond substituents is 3. The Balaban J connectivity index is 0.876. The summed E-state index contributed by atoms with van der Waals surface area (Å²) in [5.41, 5.74) is -4.41. The van der Waals surface area contributed by atoms with E-state index in [4.69, 9.17) is 28.4 Å². The van der Waals surface area contributed by atoms with Gasteiger partial charge in [0, 0.05) is 34.8 Å². The molecule has 9 heterocycles. The van der Waals surface area contributed by atoms with Gasteiger partial charge in [0.2, 0.25) is 0 Å². The molecule has 368 valence electrons. The minimum Gasteiger partial charge on any atom is -0.504 e. The van der Waals surface area contributed by atoms with Gasteiger partial charge in [0.25, 0.3) is 0 Å². The van der Waals surface area contributed by atoms with E-state index in [2.05, 4.69) is 40.7 Å². The van der Waals surface area contributed by atoms with Crippen molar-refractivity contribution in [2.45, 2.75) is 182 Å². The highest BCUT2D eigenvalue weighted by Crippen LogP contribution is 2.77. The number of phenols is 3. The van der Waals surface area contributed by atoms with Crippen LogP contribution in [0, 0.1) is 0 Å². The van der Waals surface area contributed by atoms with Crippen LogP contribution in [0.3, 0.4) is 0 Å². The number of fused-ring (bicyclic) bond motifs is 6. The van der Waals surface area contributed by atoms with Gasteiger partial charge in [-0.15, -0.1) is 0 Å². The third kappa shape index (κ3) is 3.60. The van der Waals surface area contributed by atoms with Gasteiger partial charge in [0.05, 0.1) is 33.0 Å². The Labute approximate surface area is 404 Å². The SMILES string of the molecule is CN1CC[C@]23c4c5ccc(O)c4O[C@H]2C2(CC[C@@]3(O)[C@H]1C5)O[C@H]1N3[C@@H]2OC2(CC[C@@]4(O)[C@H]5Cc6ccc(O)c7c6[C@@]4(CCN5C)[C@H]2O7)[C@H]3OC12CC[C@@]1(O)[C@H]3Cc4ccc(O)c5c4[C@@]1(CCN3C)[C@H]2O5. The van der Waals surface area contributed by atoms with Crippen molar-refractivity contribution in [1.29, 1.82) is 0 Å². The van der Waals surface area contributed by atoms with Crippen LogP contribution in [0.4, 0.5) is 0 Å². The maximum atomic E-state index is 13.6. The maximum absolute atomic E-state index is 13.6. The van der Waals surface area contributed by atoms with Crippen molar-refractivity contribution in [2.75, 3.05) is 40.8 Å². The lowest BCUT2D eigenvalue weighted by Crippen LogP contribution is -2.81. The maximum Gasteiger partial charge on any atom is 0.165 e. The van der Waals surface area contributed by atoms with Gasteiger partial charge in [-0.3, -0.25) is 0 Å². The molecule has 3 aromatic carbocycles. The molecule has 6 spiro atoms. The van der Waals surface area contributed by atoms with Gasteiger partial charge in [-0.25, -0.2) is 4.90 Å². The Kier molecular flexibility index (Phi) is 6.69. The largest absolute Gasteiger partial charge is 0.504 e. The van der Waals surface area contributed by atoms with E-state index in [9.17, 15) is 30.6 Å². The van der Waals surface area contributed by atoms with Crippen LogP contribution in [0.15, 0.2) is 36.4 Å². The van der Waals surface area contributed by atoms with E-state index in [1.807, 2.05) is 18.2 Å². The normalized spacial score (nSPS) is 52.6. The summed E-state index contributed by atoms with van der Waals surface area (Å²) in [6.07, 6.45) is 1.07. The molecule has 6 aliphatic carbocycles. The number of benzene rings is 3. The number of aromatic hydroxyl groups is 3. The molecule has 0 radical (unpaired) electrons. The summed E-state index contributed by atoms with van der Waals surface area (Å²) >= 11 is 0. The zero-order valence-electron chi connectivity index (χ0n) is 39.7. The molecule has 9 fully saturated rings. The molecule has 0 amide bonds. The number of likely N-dealkylation sites (tertiary alicyclic amines) is 3. The third-order valence-corrected chi connectivity index (χ3v) is 23.5. The molecule has 3 saturated carbocycles. The van der Waals surface area contributed by atoms with E-state index < -0.39 is 86.8 Å². The molecule has 9 aliphatic heterocycles. The second-order valence-corrected chi connectivity index (χ2v) is 25.1. The molecular weight excluding hydrogens is 897 g/mol. The van der Waals surface area contributed by atoms with Crippen LogP contribution in [0.5, 0.6) is 34.5 Å². The fraction of sp³-hybridized carbons (Fsp3) is 0.667. The number of aliphatic hydroxyl groups is 3. The fourth-order valence-corrected chi connectivity index (χ4v) is 20.9. The van der Waals surface area contributed by atoms with E-state index in [1.165, 1.54) is 0 Å². The molecule has 16 heteroatoms. The first-order valence-electron chi connectivity index (χ1n) is 26.2. The predicted octanol–water partition coefficient (Wildman–Crippen LogP) is 2.14. The van der Waals surface area contributed by atoms with Crippen LogP contribution < -0.4 is 14.2 Å². The summed E-state index contributed by atoms with van der Waals surface area (Å²) in [4.78, 5) is 9.18. The van der Waals surface area contributed by atoms with E-state index in [1.54, 1.807) is 18.2 Å². The average Bonchev–Trinajstić information content (AvgIpc) is 4.18. The highest BCUT2D eigenvalue weighted by Gasteiger charge is 2.91. The molecule has 16 nitrogen and oxygen atoms in total. The summed E-state index contributed by atoms with van der Waals surface area (Å²) in [5, 5.41) is 76.2. The lowest BCUT2D eigenvalue weighted by molar-refractivity contribution is -0.285. The zero-order chi connectivity index (χ0) is 47.0. The first-order chi connectivity index (χ1) is 33.6. The number of rotatable bonds is 0. The highest BCUT2D eigenvalue weighted by atomic mass is 16.7. The Morgan fingerprint density at radius 1 is 0.429 bits per heavy atom. The third-order valence-electron chi connectivity index (χ3n) is 23.5. The van der Waals surface area contributed by atoms with Gasteiger partial charge in [-0.05, 0) is 153 Å². The topological polar surface area (TPSA) is 190 Å². The Morgan fingerprint density at radius 2 is 0.729 bits per heavy atom. The molecule has 6 bridgehead atoms. The molecule has 6 N–H and O–H groups in total. The van der Waals surface area contributed by atoms with Crippen molar-refractivity contribution in [3.8, 4) is 34.5 Å². The summed E-state index contributed by atoms with van der Waals surface area (Å²) in [6, 6.07) is 10.6.